The standard InChI is InChI=1S/C23H26FN7S/c1-15(2)29-10-12-30(13-11-29)23-28-31-21(17-8-9-26-19(14-17)25-3)20(27-22(31)32-23)16-4-6-18(24)7-5-16/h4-9,14-15H,10-13H2,1-3H3,(H,25,26). The van der Waals surface area contributed by atoms with Crippen molar-refractivity contribution in [2.24, 2.45) is 0 Å². The zero-order valence-corrected chi connectivity index (χ0v) is 19.2. The van der Waals surface area contributed by atoms with E-state index in [1.807, 2.05) is 23.7 Å². The maximum Gasteiger partial charge on any atom is 0.215 e. The van der Waals surface area contributed by atoms with E-state index in [2.05, 4.69) is 33.9 Å². The number of imidazole rings is 1. The molecule has 9 heteroatoms. The summed E-state index contributed by atoms with van der Waals surface area (Å²) in [5.74, 6) is 0.501. The normalized spacial score (nSPS) is 15.1. The minimum Gasteiger partial charge on any atom is -0.373 e. The van der Waals surface area contributed by atoms with Crippen LogP contribution in [-0.2, 0) is 0 Å². The predicted octanol–water partition coefficient (Wildman–Crippen LogP) is 4.23. The Hall–Kier alpha value is -3.04. The monoisotopic (exact) mass is 451 g/mol. The number of aromatic nitrogens is 4. The molecule has 32 heavy (non-hydrogen) atoms. The molecule has 1 aliphatic heterocycles. The zero-order valence-electron chi connectivity index (χ0n) is 18.4. The van der Waals surface area contributed by atoms with Gasteiger partial charge in [0.15, 0.2) is 0 Å². The highest BCUT2D eigenvalue weighted by atomic mass is 32.1. The lowest BCUT2D eigenvalue weighted by atomic mass is 10.1. The van der Waals surface area contributed by atoms with Gasteiger partial charge >= 0.3 is 0 Å². The highest BCUT2D eigenvalue weighted by molar-refractivity contribution is 7.20. The summed E-state index contributed by atoms with van der Waals surface area (Å²) in [5.41, 5.74) is 3.48. The van der Waals surface area contributed by atoms with Gasteiger partial charge in [0.2, 0.25) is 10.1 Å². The van der Waals surface area contributed by atoms with E-state index in [0.717, 1.165) is 64.6 Å². The van der Waals surface area contributed by atoms with Gasteiger partial charge in [-0.05, 0) is 50.2 Å². The van der Waals surface area contributed by atoms with Crippen LogP contribution in [0.25, 0.3) is 27.5 Å². The molecule has 1 N–H and O–H groups in total. The highest BCUT2D eigenvalue weighted by Crippen LogP contribution is 2.36. The Bertz CT molecular complexity index is 1220. The van der Waals surface area contributed by atoms with Gasteiger partial charge in [-0.3, -0.25) is 4.90 Å². The second-order valence-electron chi connectivity index (χ2n) is 8.19. The number of anilines is 2. The Morgan fingerprint density at radius 1 is 1.03 bits per heavy atom. The van der Waals surface area contributed by atoms with Gasteiger partial charge in [0.1, 0.15) is 23.0 Å². The maximum absolute atomic E-state index is 13.5. The number of fused-ring (bicyclic) bond motifs is 1. The van der Waals surface area contributed by atoms with E-state index in [1.165, 1.54) is 12.1 Å². The molecule has 0 amide bonds. The summed E-state index contributed by atoms with van der Waals surface area (Å²) in [7, 11) is 1.84. The van der Waals surface area contributed by atoms with Crippen molar-refractivity contribution >= 4 is 27.2 Å². The molecular weight excluding hydrogens is 425 g/mol. The number of halogens is 1. The number of benzene rings is 1. The van der Waals surface area contributed by atoms with Crippen molar-refractivity contribution in [3.8, 4) is 22.5 Å². The zero-order chi connectivity index (χ0) is 22.2. The van der Waals surface area contributed by atoms with Crippen LogP contribution in [0.1, 0.15) is 13.8 Å². The molecule has 0 unspecified atom stereocenters. The van der Waals surface area contributed by atoms with Crippen LogP contribution in [-0.4, -0.2) is 63.8 Å². The van der Waals surface area contributed by atoms with Crippen LogP contribution in [0.15, 0.2) is 42.6 Å². The molecule has 3 aromatic heterocycles. The fourth-order valence-electron chi connectivity index (χ4n) is 4.08. The molecule has 0 aliphatic carbocycles. The van der Waals surface area contributed by atoms with Crippen LogP contribution in [0, 0.1) is 5.82 Å². The minimum atomic E-state index is -0.265. The molecule has 1 fully saturated rings. The van der Waals surface area contributed by atoms with E-state index in [1.54, 1.807) is 29.7 Å². The van der Waals surface area contributed by atoms with E-state index in [9.17, 15) is 4.39 Å². The Morgan fingerprint density at radius 3 is 2.47 bits per heavy atom. The summed E-state index contributed by atoms with van der Waals surface area (Å²) in [6, 6.07) is 10.9. The lowest BCUT2D eigenvalue weighted by Gasteiger charge is -2.36. The minimum absolute atomic E-state index is 0.265. The average Bonchev–Trinajstić information content (AvgIpc) is 3.38. The third-order valence-corrected chi connectivity index (χ3v) is 6.88. The molecule has 0 radical (unpaired) electrons. The molecule has 4 aromatic rings. The predicted molar refractivity (Wildman–Crippen MR) is 128 cm³/mol. The molecule has 1 aromatic carbocycles. The lowest BCUT2D eigenvalue weighted by molar-refractivity contribution is 0.209. The van der Waals surface area contributed by atoms with Gasteiger partial charge in [-0.25, -0.2) is 18.9 Å². The largest absolute Gasteiger partial charge is 0.373 e. The maximum atomic E-state index is 13.5. The molecule has 1 saturated heterocycles. The van der Waals surface area contributed by atoms with Crippen LogP contribution in [0.3, 0.4) is 0 Å². The van der Waals surface area contributed by atoms with E-state index in [4.69, 9.17) is 10.1 Å². The summed E-state index contributed by atoms with van der Waals surface area (Å²) < 4.78 is 15.5. The van der Waals surface area contributed by atoms with Crippen molar-refractivity contribution in [2.45, 2.75) is 19.9 Å². The van der Waals surface area contributed by atoms with Crippen LogP contribution in [0.5, 0.6) is 0 Å². The molecule has 7 nitrogen and oxygen atoms in total. The third kappa shape index (κ3) is 3.82. The van der Waals surface area contributed by atoms with Crippen molar-refractivity contribution in [3.63, 3.8) is 0 Å². The first-order valence-corrected chi connectivity index (χ1v) is 11.6. The second kappa shape index (κ2) is 8.48. The summed E-state index contributed by atoms with van der Waals surface area (Å²) in [5, 5.41) is 9.04. The van der Waals surface area contributed by atoms with Crippen molar-refractivity contribution in [1.82, 2.24) is 24.5 Å². The van der Waals surface area contributed by atoms with Gasteiger partial charge in [-0.2, -0.15) is 0 Å². The van der Waals surface area contributed by atoms with Crippen LogP contribution >= 0.6 is 11.3 Å². The van der Waals surface area contributed by atoms with Gasteiger partial charge in [-0.1, -0.05) is 11.3 Å². The quantitative estimate of drug-likeness (QED) is 0.490. The summed E-state index contributed by atoms with van der Waals surface area (Å²) in [4.78, 5) is 14.9. The SMILES string of the molecule is CNc1cc(-c2c(-c3ccc(F)cc3)nc3sc(N4CCN(C(C)C)CC4)nn23)ccn1. The van der Waals surface area contributed by atoms with Crippen molar-refractivity contribution in [3.05, 3.63) is 48.4 Å². The number of rotatable bonds is 5. The molecular formula is C23H26FN7S. The summed E-state index contributed by atoms with van der Waals surface area (Å²) in [6.45, 7) is 8.45. The van der Waals surface area contributed by atoms with E-state index < -0.39 is 0 Å². The fourth-order valence-corrected chi connectivity index (χ4v) is 5.03. The average molecular weight is 452 g/mol. The van der Waals surface area contributed by atoms with Gasteiger partial charge in [0, 0.05) is 56.6 Å². The first-order valence-electron chi connectivity index (χ1n) is 10.8. The number of pyridine rings is 1. The number of hydrogen-bond acceptors (Lipinski definition) is 7. The van der Waals surface area contributed by atoms with E-state index in [0.29, 0.717) is 6.04 Å². The molecule has 0 atom stereocenters. The number of hydrogen-bond donors (Lipinski definition) is 1. The summed E-state index contributed by atoms with van der Waals surface area (Å²) >= 11 is 1.59. The number of nitrogens with zero attached hydrogens (tertiary/aromatic N) is 6. The van der Waals surface area contributed by atoms with Crippen LogP contribution in [0.2, 0.25) is 0 Å². The first kappa shape index (κ1) is 20.8. The third-order valence-electron chi connectivity index (χ3n) is 5.92. The highest BCUT2D eigenvalue weighted by Gasteiger charge is 2.25. The Labute approximate surface area is 190 Å². The van der Waals surface area contributed by atoms with Crippen LogP contribution in [0.4, 0.5) is 15.3 Å². The molecule has 0 bridgehead atoms. The fraction of sp³-hybridized carbons (Fsp3) is 0.348. The Kier molecular flexibility index (Phi) is 5.52. The van der Waals surface area contributed by atoms with E-state index in [-0.39, 0.29) is 5.82 Å². The molecule has 4 heterocycles. The van der Waals surface area contributed by atoms with Gasteiger partial charge in [0.05, 0.1) is 0 Å². The molecule has 166 valence electrons. The molecule has 1 aliphatic rings. The summed E-state index contributed by atoms with van der Waals surface area (Å²) in [6.07, 6.45) is 1.77. The van der Waals surface area contributed by atoms with Gasteiger partial charge in [-0.15, -0.1) is 5.10 Å². The topological polar surface area (TPSA) is 61.6 Å². The molecule has 0 spiro atoms. The van der Waals surface area contributed by atoms with Crippen molar-refractivity contribution in [1.29, 1.82) is 0 Å². The smallest absolute Gasteiger partial charge is 0.215 e. The number of nitrogens with one attached hydrogen (secondary N) is 1. The molecule has 5 rings (SSSR count). The van der Waals surface area contributed by atoms with Crippen molar-refractivity contribution in [2.75, 3.05) is 43.4 Å². The molecule has 0 saturated carbocycles. The van der Waals surface area contributed by atoms with Crippen molar-refractivity contribution < 1.29 is 4.39 Å². The number of piperazine rings is 1. The lowest BCUT2D eigenvalue weighted by Crippen LogP contribution is -2.48. The Balaban J connectivity index is 1.58. The van der Waals surface area contributed by atoms with Gasteiger partial charge < -0.3 is 10.2 Å². The van der Waals surface area contributed by atoms with E-state index >= 15 is 0 Å². The second-order valence-corrected chi connectivity index (χ2v) is 9.13. The Morgan fingerprint density at radius 2 is 1.78 bits per heavy atom. The van der Waals surface area contributed by atoms with Crippen LogP contribution < -0.4 is 10.2 Å². The van der Waals surface area contributed by atoms with Gasteiger partial charge in [0.25, 0.3) is 0 Å². The first-order chi connectivity index (χ1) is 15.5.